The van der Waals surface area contributed by atoms with E-state index in [0.717, 1.165) is 0 Å². The average Bonchev–Trinajstić information content (AvgIpc) is 2.89. The van der Waals surface area contributed by atoms with E-state index in [0.29, 0.717) is 35.6 Å². The first-order chi connectivity index (χ1) is 9.67. The molecule has 0 radical (unpaired) electrons. The topological polar surface area (TPSA) is 83.1 Å². The van der Waals surface area contributed by atoms with Crippen LogP contribution in [0.15, 0.2) is 12.1 Å². The molecule has 1 atom stereocenters. The largest absolute Gasteiger partial charge is 0.493 e. The molecule has 2 rings (SSSR count). The van der Waals surface area contributed by atoms with Crippen molar-refractivity contribution < 1.29 is 28.5 Å². The average molecular weight is 281 g/mol. The highest BCUT2D eigenvalue weighted by molar-refractivity contribution is 5.78. The molecular weight excluding hydrogens is 266 g/mol. The van der Waals surface area contributed by atoms with Crippen LogP contribution >= 0.6 is 0 Å². The van der Waals surface area contributed by atoms with Gasteiger partial charge in [-0.1, -0.05) is 0 Å². The molecule has 7 nitrogen and oxygen atoms in total. The minimum absolute atomic E-state index is 0.159. The number of rotatable bonds is 6. The number of cyclic esters (lactones) is 1. The van der Waals surface area contributed by atoms with Crippen molar-refractivity contribution in [1.82, 2.24) is 5.32 Å². The van der Waals surface area contributed by atoms with E-state index in [2.05, 4.69) is 5.32 Å². The van der Waals surface area contributed by atoms with Crippen LogP contribution in [0.1, 0.15) is 10.4 Å². The van der Waals surface area contributed by atoms with Gasteiger partial charge in [0.1, 0.15) is 12.9 Å². The molecule has 1 aromatic carbocycles. The summed E-state index contributed by atoms with van der Waals surface area (Å²) in [5, 5.41) is 2.53. The molecule has 0 aromatic heterocycles. The van der Waals surface area contributed by atoms with Crippen LogP contribution in [0, 0.1) is 0 Å². The van der Waals surface area contributed by atoms with Gasteiger partial charge in [0.25, 0.3) is 0 Å². The van der Waals surface area contributed by atoms with Gasteiger partial charge in [-0.2, -0.15) is 0 Å². The molecule has 1 amide bonds. The summed E-state index contributed by atoms with van der Waals surface area (Å²) in [5.41, 5.74) is 0.417. The monoisotopic (exact) mass is 281 g/mol. The van der Waals surface area contributed by atoms with E-state index in [-0.39, 0.29) is 12.7 Å². The summed E-state index contributed by atoms with van der Waals surface area (Å²) in [7, 11) is 2.93. The second-order valence-corrected chi connectivity index (χ2v) is 4.09. The summed E-state index contributed by atoms with van der Waals surface area (Å²) in [5.74, 6) is 1.12. The fourth-order valence-corrected chi connectivity index (χ4v) is 1.81. The van der Waals surface area contributed by atoms with Crippen molar-refractivity contribution in [3.05, 3.63) is 17.7 Å². The normalized spacial score (nSPS) is 17.1. The van der Waals surface area contributed by atoms with Crippen LogP contribution in [0.25, 0.3) is 0 Å². The third kappa shape index (κ3) is 2.93. The van der Waals surface area contributed by atoms with E-state index in [1.165, 1.54) is 14.2 Å². The maximum absolute atomic E-state index is 10.9. The first kappa shape index (κ1) is 14.0. The number of methoxy groups -OCH3 is 2. The van der Waals surface area contributed by atoms with Crippen molar-refractivity contribution in [2.75, 3.05) is 27.4 Å². The van der Waals surface area contributed by atoms with Crippen molar-refractivity contribution in [2.24, 2.45) is 0 Å². The van der Waals surface area contributed by atoms with Crippen molar-refractivity contribution in [2.45, 2.75) is 6.10 Å². The minimum atomic E-state index is -0.464. The Morgan fingerprint density at radius 1 is 1.35 bits per heavy atom. The Morgan fingerprint density at radius 3 is 2.45 bits per heavy atom. The molecule has 1 unspecified atom stereocenters. The maximum Gasteiger partial charge on any atom is 0.407 e. The fraction of sp³-hybridized carbons (Fsp3) is 0.385. The Morgan fingerprint density at radius 2 is 2.00 bits per heavy atom. The molecule has 1 aliphatic heterocycles. The number of hydrogen-bond acceptors (Lipinski definition) is 6. The van der Waals surface area contributed by atoms with Gasteiger partial charge in [0.15, 0.2) is 17.6 Å². The number of ether oxygens (including phenoxy) is 4. The quantitative estimate of drug-likeness (QED) is 0.783. The van der Waals surface area contributed by atoms with Gasteiger partial charge in [-0.05, 0) is 12.1 Å². The van der Waals surface area contributed by atoms with Crippen molar-refractivity contribution >= 4 is 12.4 Å². The molecule has 108 valence electrons. The van der Waals surface area contributed by atoms with Crippen LogP contribution in [0.3, 0.4) is 0 Å². The summed E-state index contributed by atoms with van der Waals surface area (Å²) >= 11 is 0. The number of aldehydes is 1. The maximum atomic E-state index is 10.9. The van der Waals surface area contributed by atoms with E-state index < -0.39 is 6.09 Å². The molecule has 1 aliphatic rings. The van der Waals surface area contributed by atoms with Crippen molar-refractivity contribution in [3.8, 4) is 17.2 Å². The molecule has 0 aliphatic carbocycles. The highest BCUT2D eigenvalue weighted by Gasteiger charge is 2.24. The second kappa shape index (κ2) is 6.14. The zero-order valence-corrected chi connectivity index (χ0v) is 11.2. The molecule has 1 N–H and O–H groups in total. The highest BCUT2D eigenvalue weighted by Crippen LogP contribution is 2.38. The van der Waals surface area contributed by atoms with E-state index in [4.69, 9.17) is 18.9 Å². The first-order valence-electron chi connectivity index (χ1n) is 5.96. The standard InChI is InChI=1S/C13H15NO6/c1-17-10-3-8(6-15)4-11(18-2)12(10)19-7-9-5-14-13(16)20-9/h3-4,6,9H,5,7H2,1-2H3,(H,14,16). The summed E-state index contributed by atoms with van der Waals surface area (Å²) in [6.45, 7) is 0.543. The third-order valence-corrected chi connectivity index (χ3v) is 2.78. The fourth-order valence-electron chi connectivity index (χ4n) is 1.81. The lowest BCUT2D eigenvalue weighted by Gasteiger charge is -2.16. The van der Waals surface area contributed by atoms with Crippen LogP contribution in [-0.4, -0.2) is 45.9 Å². The van der Waals surface area contributed by atoms with E-state index in [1.807, 2.05) is 0 Å². The van der Waals surface area contributed by atoms with Crippen LogP contribution in [0.2, 0.25) is 0 Å². The number of nitrogens with one attached hydrogen (secondary N) is 1. The van der Waals surface area contributed by atoms with Crippen LogP contribution in [-0.2, 0) is 4.74 Å². The lowest BCUT2D eigenvalue weighted by Crippen LogP contribution is -2.22. The molecule has 1 saturated heterocycles. The Balaban J connectivity index is 2.16. The number of alkyl carbamates (subject to hydrolysis) is 1. The van der Waals surface area contributed by atoms with E-state index >= 15 is 0 Å². The summed E-state index contributed by atoms with van der Waals surface area (Å²) in [6.07, 6.45) is -0.145. The van der Waals surface area contributed by atoms with Gasteiger partial charge in [0.05, 0.1) is 20.8 Å². The van der Waals surface area contributed by atoms with Gasteiger partial charge in [-0.25, -0.2) is 4.79 Å². The lowest BCUT2D eigenvalue weighted by molar-refractivity contribution is 0.102. The molecule has 1 aromatic rings. The lowest BCUT2D eigenvalue weighted by atomic mass is 10.2. The van der Waals surface area contributed by atoms with Crippen LogP contribution in [0.4, 0.5) is 4.79 Å². The molecular formula is C13H15NO6. The van der Waals surface area contributed by atoms with Crippen molar-refractivity contribution in [1.29, 1.82) is 0 Å². The molecule has 1 heterocycles. The van der Waals surface area contributed by atoms with Crippen LogP contribution in [0.5, 0.6) is 17.2 Å². The highest BCUT2D eigenvalue weighted by atomic mass is 16.6. The van der Waals surface area contributed by atoms with Gasteiger partial charge in [-0.3, -0.25) is 4.79 Å². The van der Waals surface area contributed by atoms with Gasteiger partial charge in [0.2, 0.25) is 5.75 Å². The van der Waals surface area contributed by atoms with E-state index in [1.54, 1.807) is 12.1 Å². The SMILES string of the molecule is COc1cc(C=O)cc(OC)c1OCC1CNC(=O)O1. The number of benzene rings is 1. The molecule has 0 bridgehead atoms. The zero-order chi connectivity index (χ0) is 14.5. The smallest absolute Gasteiger partial charge is 0.407 e. The number of carbonyl (C=O) groups excluding carboxylic acids is 2. The Bertz CT molecular complexity index is 491. The summed E-state index contributed by atoms with van der Waals surface area (Å²) in [6, 6.07) is 3.09. The molecule has 0 saturated carbocycles. The molecule has 0 spiro atoms. The predicted octanol–water partition coefficient (Wildman–Crippen LogP) is 1.00. The minimum Gasteiger partial charge on any atom is -0.493 e. The Hall–Kier alpha value is -2.44. The third-order valence-electron chi connectivity index (χ3n) is 2.78. The van der Waals surface area contributed by atoms with E-state index in [9.17, 15) is 9.59 Å². The molecule has 1 fully saturated rings. The van der Waals surface area contributed by atoms with Crippen LogP contribution < -0.4 is 19.5 Å². The van der Waals surface area contributed by atoms with Gasteiger partial charge >= 0.3 is 6.09 Å². The summed E-state index contributed by atoms with van der Waals surface area (Å²) in [4.78, 5) is 21.8. The number of amides is 1. The number of carbonyl (C=O) groups is 2. The van der Waals surface area contributed by atoms with Gasteiger partial charge in [0, 0.05) is 5.56 Å². The number of hydrogen-bond donors (Lipinski definition) is 1. The first-order valence-corrected chi connectivity index (χ1v) is 5.96. The summed E-state index contributed by atoms with van der Waals surface area (Å²) < 4.78 is 20.9. The van der Waals surface area contributed by atoms with Crippen molar-refractivity contribution in [3.63, 3.8) is 0 Å². The van der Waals surface area contributed by atoms with Gasteiger partial charge in [-0.15, -0.1) is 0 Å². The Labute approximate surface area is 115 Å². The molecule has 7 heteroatoms. The zero-order valence-electron chi connectivity index (χ0n) is 11.2. The second-order valence-electron chi connectivity index (χ2n) is 4.09. The molecule has 20 heavy (non-hydrogen) atoms. The Kier molecular flexibility index (Phi) is 4.29. The predicted molar refractivity (Wildman–Crippen MR) is 68.7 cm³/mol. The van der Waals surface area contributed by atoms with Gasteiger partial charge < -0.3 is 24.3 Å².